The Bertz CT molecular complexity index is 676. The Labute approximate surface area is 143 Å². The molecule has 2 aromatic rings. The number of anilines is 1. The molecule has 0 saturated heterocycles. The average Bonchev–Trinajstić information content (AvgIpc) is 3.00. The van der Waals surface area contributed by atoms with Gasteiger partial charge in [0, 0.05) is 25.5 Å². The molecule has 2 heterocycles. The Morgan fingerprint density at radius 3 is 2.74 bits per heavy atom. The van der Waals surface area contributed by atoms with Gasteiger partial charge in [-0.2, -0.15) is 0 Å². The molecule has 0 unspecified atom stereocenters. The minimum absolute atomic E-state index is 0.0755. The molecule has 0 saturated carbocycles. The molecule has 0 aliphatic heterocycles. The smallest absolute Gasteiger partial charge is 0.233 e. The highest BCUT2D eigenvalue weighted by molar-refractivity contribution is 6.34. The summed E-state index contributed by atoms with van der Waals surface area (Å²) >= 11 is 11.5. The monoisotopic (exact) mass is 355 g/mol. The minimum atomic E-state index is -0.469. The van der Waals surface area contributed by atoms with Crippen LogP contribution in [-0.2, 0) is 16.1 Å². The second-order valence-corrected chi connectivity index (χ2v) is 5.45. The SMILES string of the molecule is O=C(CC(=O)Nc1ccc(Cl)nc1Cl)NCCCn1ccnc1. The van der Waals surface area contributed by atoms with E-state index in [-0.39, 0.29) is 22.6 Å². The number of hydrogen-bond acceptors (Lipinski definition) is 4. The van der Waals surface area contributed by atoms with Crippen molar-refractivity contribution in [1.29, 1.82) is 0 Å². The fourth-order valence-corrected chi connectivity index (χ4v) is 2.21. The van der Waals surface area contributed by atoms with E-state index in [0.29, 0.717) is 12.2 Å². The van der Waals surface area contributed by atoms with Crippen molar-refractivity contribution in [3.63, 3.8) is 0 Å². The first-order valence-corrected chi connectivity index (χ1v) is 7.64. The maximum atomic E-state index is 11.8. The van der Waals surface area contributed by atoms with Gasteiger partial charge in [0.25, 0.3) is 0 Å². The van der Waals surface area contributed by atoms with Gasteiger partial charge < -0.3 is 15.2 Å². The lowest BCUT2D eigenvalue weighted by Crippen LogP contribution is -2.29. The quantitative estimate of drug-likeness (QED) is 0.452. The summed E-state index contributed by atoms with van der Waals surface area (Å²) in [5.41, 5.74) is 0.314. The molecule has 0 bridgehead atoms. The lowest BCUT2D eigenvalue weighted by molar-refractivity contribution is -0.126. The van der Waals surface area contributed by atoms with Gasteiger partial charge in [-0.05, 0) is 18.6 Å². The molecule has 9 heteroatoms. The lowest BCUT2D eigenvalue weighted by Gasteiger charge is -2.08. The third-order valence-electron chi connectivity index (χ3n) is 2.88. The van der Waals surface area contributed by atoms with Crippen LogP contribution in [0.2, 0.25) is 10.3 Å². The number of pyridine rings is 1. The molecular weight excluding hydrogens is 341 g/mol. The summed E-state index contributed by atoms with van der Waals surface area (Å²) in [6.07, 6.45) is 5.71. The van der Waals surface area contributed by atoms with Crippen molar-refractivity contribution < 1.29 is 9.59 Å². The van der Waals surface area contributed by atoms with Crippen LogP contribution in [-0.4, -0.2) is 32.9 Å². The third-order valence-corrected chi connectivity index (χ3v) is 3.38. The zero-order valence-corrected chi connectivity index (χ0v) is 13.6. The highest BCUT2D eigenvalue weighted by Gasteiger charge is 2.11. The molecule has 2 amide bonds. The number of aromatic nitrogens is 3. The van der Waals surface area contributed by atoms with Gasteiger partial charge in [-0.25, -0.2) is 9.97 Å². The molecule has 0 fully saturated rings. The van der Waals surface area contributed by atoms with E-state index in [1.807, 2.05) is 10.8 Å². The summed E-state index contributed by atoms with van der Waals surface area (Å²) in [7, 11) is 0. The van der Waals surface area contributed by atoms with Crippen molar-refractivity contribution in [2.45, 2.75) is 19.4 Å². The Kier molecular flexibility index (Phi) is 6.37. The van der Waals surface area contributed by atoms with Crippen molar-refractivity contribution in [3.8, 4) is 0 Å². The molecule has 122 valence electrons. The van der Waals surface area contributed by atoms with Gasteiger partial charge in [-0.3, -0.25) is 9.59 Å². The fraction of sp³-hybridized carbons (Fsp3) is 0.286. The Morgan fingerprint density at radius 2 is 2.04 bits per heavy atom. The van der Waals surface area contributed by atoms with Crippen molar-refractivity contribution in [2.24, 2.45) is 0 Å². The molecule has 0 aliphatic rings. The molecular formula is C14H15Cl2N5O2. The molecule has 2 rings (SSSR count). The average molecular weight is 356 g/mol. The van der Waals surface area contributed by atoms with E-state index in [1.54, 1.807) is 12.5 Å². The van der Waals surface area contributed by atoms with Gasteiger partial charge in [0.1, 0.15) is 11.6 Å². The molecule has 0 radical (unpaired) electrons. The number of nitrogens with one attached hydrogen (secondary N) is 2. The van der Waals surface area contributed by atoms with E-state index < -0.39 is 5.91 Å². The summed E-state index contributed by atoms with van der Waals surface area (Å²) in [5, 5.41) is 5.50. The van der Waals surface area contributed by atoms with Gasteiger partial charge in [-0.1, -0.05) is 23.2 Å². The molecule has 7 nitrogen and oxygen atoms in total. The Hall–Kier alpha value is -2.12. The van der Waals surface area contributed by atoms with Crippen LogP contribution in [0.25, 0.3) is 0 Å². The maximum absolute atomic E-state index is 11.8. The molecule has 0 atom stereocenters. The normalized spacial score (nSPS) is 10.3. The van der Waals surface area contributed by atoms with Crippen LogP contribution in [0.4, 0.5) is 5.69 Å². The first-order valence-electron chi connectivity index (χ1n) is 6.89. The van der Waals surface area contributed by atoms with Crippen LogP contribution in [0.15, 0.2) is 30.9 Å². The van der Waals surface area contributed by atoms with Crippen LogP contribution in [0.1, 0.15) is 12.8 Å². The Balaban J connectivity index is 1.69. The zero-order valence-electron chi connectivity index (χ0n) is 12.1. The number of halogens is 2. The maximum Gasteiger partial charge on any atom is 0.233 e. The zero-order chi connectivity index (χ0) is 16.7. The molecule has 0 aliphatic carbocycles. The predicted octanol–water partition coefficient (Wildman–Crippen LogP) is 2.12. The topological polar surface area (TPSA) is 88.9 Å². The summed E-state index contributed by atoms with van der Waals surface area (Å²) in [4.78, 5) is 31.2. The highest BCUT2D eigenvalue weighted by atomic mass is 35.5. The van der Waals surface area contributed by atoms with E-state index in [9.17, 15) is 9.59 Å². The molecule has 2 N–H and O–H groups in total. The van der Waals surface area contributed by atoms with Crippen molar-refractivity contribution >= 4 is 40.7 Å². The van der Waals surface area contributed by atoms with Crippen molar-refractivity contribution in [3.05, 3.63) is 41.2 Å². The van der Waals surface area contributed by atoms with Gasteiger partial charge in [0.15, 0.2) is 5.15 Å². The largest absolute Gasteiger partial charge is 0.356 e. The molecule has 23 heavy (non-hydrogen) atoms. The number of hydrogen-bond donors (Lipinski definition) is 2. The lowest BCUT2D eigenvalue weighted by atomic mass is 10.3. The van der Waals surface area contributed by atoms with Crippen LogP contribution in [0.3, 0.4) is 0 Å². The number of carbonyl (C=O) groups excluding carboxylic acids is 2. The number of aryl methyl sites for hydroxylation is 1. The van der Waals surface area contributed by atoms with E-state index in [0.717, 1.165) is 13.0 Å². The van der Waals surface area contributed by atoms with Crippen molar-refractivity contribution in [2.75, 3.05) is 11.9 Å². The molecule has 0 spiro atoms. The van der Waals surface area contributed by atoms with Crippen LogP contribution in [0, 0.1) is 0 Å². The second kappa shape index (κ2) is 8.50. The number of rotatable bonds is 7. The van der Waals surface area contributed by atoms with Gasteiger partial charge in [0.05, 0.1) is 12.0 Å². The summed E-state index contributed by atoms with van der Waals surface area (Å²) in [5.74, 6) is -0.825. The summed E-state index contributed by atoms with van der Waals surface area (Å²) in [6, 6.07) is 3.03. The van der Waals surface area contributed by atoms with E-state index >= 15 is 0 Å². The highest BCUT2D eigenvalue weighted by Crippen LogP contribution is 2.21. The third kappa shape index (κ3) is 5.88. The summed E-state index contributed by atoms with van der Waals surface area (Å²) < 4.78 is 1.91. The van der Waals surface area contributed by atoms with Crippen LogP contribution < -0.4 is 10.6 Å². The first kappa shape index (κ1) is 17.2. The van der Waals surface area contributed by atoms with E-state index in [1.165, 1.54) is 12.1 Å². The van der Waals surface area contributed by atoms with Gasteiger partial charge >= 0.3 is 0 Å². The minimum Gasteiger partial charge on any atom is -0.356 e. The number of carbonyl (C=O) groups is 2. The van der Waals surface area contributed by atoms with E-state index in [4.69, 9.17) is 23.2 Å². The van der Waals surface area contributed by atoms with Crippen molar-refractivity contribution in [1.82, 2.24) is 19.9 Å². The number of nitrogens with zero attached hydrogens (tertiary/aromatic N) is 3. The molecule has 2 aromatic heterocycles. The molecule has 0 aromatic carbocycles. The fourth-order valence-electron chi connectivity index (χ4n) is 1.82. The number of imidazole rings is 1. The van der Waals surface area contributed by atoms with Crippen LogP contribution >= 0.6 is 23.2 Å². The standard InChI is InChI=1S/C14H15Cl2N5O2/c15-11-3-2-10(14(16)20-11)19-13(23)8-12(22)18-4-1-6-21-7-5-17-9-21/h2-3,5,7,9H,1,4,6,8H2,(H,18,22)(H,19,23). The van der Waals surface area contributed by atoms with Gasteiger partial charge in [-0.15, -0.1) is 0 Å². The van der Waals surface area contributed by atoms with Gasteiger partial charge in [0.2, 0.25) is 11.8 Å². The summed E-state index contributed by atoms with van der Waals surface area (Å²) in [6.45, 7) is 1.23. The Morgan fingerprint density at radius 1 is 1.22 bits per heavy atom. The number of amides is 2. The predicted molar refractivity (Wildman–Crippen MR) is 87.4 cm³/mol. The first-order chi connectivity index (χ1) is 11.0. The van der Waals surface area contributed by atoms with E-state index in [2.05, 4.69) is 20.6 Å². The van der Waals surface area contributed by atoms with Crippen LogP contribution in [0.5, 0.6) is 0 Å². The second-order valence-electron chi connectivity index (χ2n) is 4.70.